The molecule has 1 aromatic carbocycles. The number of likely N-dealkylation sites (tertiary alicyclic amines) is 1. The van der Waals surface area contributed by atoms with Crippen LogP contribution in [-0.4, -0.2) is 56.8 Å². The number of benzene rings is 1. The van der Waals surface area contributed by atoms with E-state index in [1.807, 2.05) is 0 Å². The van der Waals surface area contributed by atoms with Crippen LogP contribution in [0.1, 0.15) is 43.7 Å². The first-order chi connectivity index (χ1) is 13.3. The zero-order chi connectivity index (χ0) is 20.6. The molecule has 0 saturated carbocycles. The van der Waals surface area contributed by atoms with E-state index in [9.17, 15) is 13.2 Å². The average Bonchev–Trinajstić information content (AvgIpc) is 3.07. The second kappa shape index (κ2) is 12.6. The fourth-order valence-corrected chi connectivity index (χ4v) is 3.51. The summed E-state index contributed by atoms with van der Waals surface area (Å²) in [7, 11) is 1.71. The topological polar surface area (TPSA) is 39.7 Å². The Morgan fingerprint density at radius 2 is 1.90 bits per heavy atom. The first-order valence-electron chi connectivity index (χ1n) is 10.1. The molecule has 1 saturated heterocycles. The maximum atomic E-state index is 12.5. The van der Waals surface area contributed by atoms with Crippen LogP contribution in [0.15, 0.2) is 29.3 Å². The molecule has 1 aromatic rings. The standard InChI is InChI=1S/C21H33F3N4.HI/c1-16(2)19-8-6-17(7-9-19)5-4-11-26-20(25-3)27-13-18-10-12-28(14-18)15-21(22,23)24;/h6-9,16,18H,4-5,10-15H2,1-3H3,(H2,25,26,27);1H. The molecule has 1 atom stereocenters. The Morgan fingerprint density at radius 1 is 1.21 bits per heavy atom. The molecular formula is C21H34F3IN4. The smallest absolute Gasteiger partial charge is 0.356 e. The average molecular weight is 526 g/mol. The Bertz CT molecular complexity index is 617. The molecule has 29 heavy (non-hydrogen) atoms. The van der Waals surface area contributed by atoms with E-state index in [0.29, 0.717) is 31.5 Å². The van der Waals surface area contributed by atoms with Crippen molar-refractivity contribution < 1.29 is 13.2 Å². The summed E-state index contributed by atoms with van der Waals surface area (Å²) in [6.45, 7) is 6.01. The van der Waals surface area contributed by atoms with Crippen molar-refractivity contribution in [2.75, 3.05) is 39.8 Å². The Hall–Kier alpha value is -1.03. The molecule has 1 aliphatic rings. The lowest BCUT2D eigenvalue weighted by Crippen LogP contribution is -2.41. The maximum absolute atomic E-state index is 12.5. The van der Waals surface area contributed by atoms with Crippen molar-refractivity contribution >= 4 is 29.9 Å². The Balaban J connectivity index is 0.00000420. The lowest BCUT2D eigenvalue weighted by Gasteiger charge is -2.18. The second-order valence-electron chi connectivity index (χ2n) is 7.88. The van der Waals surface area contributed by atoms with Gasteiger partial charge in [-0.25, -0.2) is 0 Å². The minimum absolute atomic E-state index is 0. The van der Waals surface area contributed by atoms with Crippen molar-refractivity contribution in [3.63, 3.8) is 0 Å². The summed E-state index contributed by atoms with van der Waals surface area (Å²) in [5.74, 6) is 1.48. The minimum atomic E-state index is -4.12. The molecule has 4 nitrogen and oxygen atoms in total. The van der Waals surface area contributed by atoms with Crippen LogP contribution >= 0.6 is 24.0 Å². The Kier molecular flexibility index (Phi) is 11.3. The molecule has 166 valence electrons. The highest BCUT2D eigenvalue weighted by molar-refractivity contribution is 14.0. The van der Waals surface area contributed by atoms with E-state index < -0.39 is 12.7 Å². The van der Waals surface area contributed by atoms with Crippen LogP contribution in [0.2, 0.25) is 0 Å². The molecule has 1 unspecified atom stereocenters. The van der Waals surface area contributed by atoms with Gasteiger partial charge >= 0.3 is 6.18 Å². The fourth-order valence-electron chi connectivity index (χ4n) is 3.51. The van der Waals surface area contributed by atoms with Crippen LogP contribution in [0.5, 0.6) is 0 Å². The van der Waals surface area contributed by atoms with Gasteiger partial charge < -0.3 is 10.6 Å². The van der Waals surface area contributed by atoms with Gasteiger partial charge in [0.25, 0.3) is 0 Å². The molecule has 0 spiro atoms. The molecule has 1 heterocycles. The summed E-state index contributed by atoms with van der Waals surface area (Å²) in [5.41, 5.74) is 2.68. The van der Waals surface area contributed by atoms with Gasteiger partial charge in [0.1, 0.15) is 0 Å². The highest BCUT2D eigenvalue weighted by Crippen LogP contribution is 2.22. The van der Waals surface area contributed by atoms with Crippen molar-refractivity contribution in [1.29, 1.82) is 0 Å². The van der Waals surface area contributed by atoms with Crippen LogP contribution in [0.3, 0.4) is 0 Å². The van der Waals surface area contributed by atoms with Crippen LogP contribution in [-0.2, 0) is 6.42 Å². The monoisotopic (exact) mass is 526 g/mol. The number of hydrogen-bond donors (Lipinski definition) is 2. The SMILES string of the molecule is CN=C(NCCCc1ccc(C(C)C)cc1)NCC1CCN(CC(F)(F)F)C1.I. The lowest BCUT2D eigenvalue weighted by molar-refractivity contribution is -0.143. The lowest BCUT2D eigenvalue weighted by atomic mass is 10.0. The van der Waals surface area contributed by atoms with Crippen molar-refractivity contribution in [3.05, 3.63) is 35.4 Å². The van der Waals surface area contributed by atoms with Gasteiger partial charge in [0, 0.05) is 26.7 Å². The van der Waals surface area contributed by atoms with E-state index in [-0.39, 0.29) is 29.9 Å². The van der Waals surface area contributed by atoms with Crippen molar-refractivity contribution in [2.24, 2.45) is 10.9 Å². The normalized spacial score (nSPS) is 18.0. The van der Waals surface area contributed by atoms with Crippen LogP contribution < -0.4 is 10.6 Å². The number of alkyl halides is 3. The van der Waals surface area contributed by atoms with Crippen LogP contribution in [0, 0.1) is 5.92 Å². The molecule has 2 rings (SSSR count). The molecule has 1 fully saturated rings. The maximum Gasteiger partial charge on any atom is 0.401 e. The summed E-state index contributed by atoms with van der Waals surface area (Å²) in [5, 5.41) is 6.53. The molecule has 8 heteroatoms. The van der Waals surface area contributed by atoms with Gasteiger partial charge in [-0.2, -0.15) is 13.2 Å². The van der Waals surface area contributed by atoms with E-state index in [4.69, 9.17) is 0 Å². The highest BCUT2D eigenvalue weighted by atomic mass is 127. The summed E-state index contributed by atoms with van der Waals surface area (Å²) < 4.78 is 37.4. The predicted octanol–water partition coefficient (Wildman–Crippen LogP) is 4.41. The Labute approximate surface area is 189 Å². The third kappa shape index (κ3) is 10.0. The molecule has 2 N–H and O–H groups in total. The number of aliphatic imine (C=N–C) groups is 1. The second-order valence-corrected chi connectivity index (χ2v) is 7.88. The van der Waals surface area contributed by atoms with E-state index in [0.717, 1.165) is 25.8 Å². The summed E-state index contributed by atoms with van der Waals surface area (Å²) >= 11 is 0. The summed E-state index contributed by atoms with van der Waals surface area (Å²) in [6.07, 6.45) is -1.34. The number of halogens is 4. The molecule has 0 radical (unpaired) electrons. The van der Waals surface area contributed by atoms with Crippen molar-refractivity contribution in [2.45, 2.75) is 45.2 Å². The van der Waals surface area contributed by atoms with Gasteiger partial charge in [-0.1, -0.05) is 38.1 Å². The molecule has 0 aromatic heterocycles. The predicted molar refractivity (Wildman–Crippen MR) is 124 cm³/mol. The fraction of sp³-hybridized carbons (Fsp3) is 0.667. The largest absolute Gasteiger partial charge is 0.401 e. The van der Waals surface area contributed by atoms with Gasteiger partial charge in [-0.15, -0.1) is 24.0 Å². The van der Waals surface area contributed by atoms with Crippen molar-refractivity contribution in [1.82, 2.24) is 15.5 Å². The van der Waals surface area contributed by atoms with Gasteiger partial charge in [-0.3, -0.25) is 9.89 Å². The number of aryl methyl sites for hydroxylation is 1. The molecule has 0 bridgehead atoms. The number of nitrogens with zero attached hydrogens (tertiary/aromatic N) is 2. The quantitative estimate of drug-likeness (QED) is 0.228. The zero-order valence-corrected chi connectivity index (χ0v) is 19.9. The van der Waals surface area contributed by atoms with Crippen molar-refractivity contribution in [3.8, 4) is 0 Å². The molecule has 1 aliphatic heterocycles. The third-order valence-corrected chi connectivity index (χ3v) is 5.14. The van der Waals surface area contributed by atoms with Gasteiger partial charge in [0.15, 0.2) is 5.96 Å². The number of guanidine groups is 1. The highest BCUT2D eigenvalue weighted by Gasteiger charge is 2.34. The Morgan fingerprint density at radius 3 is 2.48 bits per heavy atom. The molecule has 0 amide bonds. The summed E-state index contributed by atoms with van der Waals surface area (Å²) in [4.78, 5) is 5.68. The van der Waals surface area contributed by atoms with Gasteiger partial charge in [-0.05, 0) is 48.8 Å². The first-order valence-corrected chi connectivity index (χ1v) is 10.1. The number of rotatable bonds is 8. The van der Waals surface area contributed by atoms with Crippen LogP contribution in [0.25, 0.3) is 0 Å². The third-order valence-electron chi connectivity index (χ3n) is 5.14. The van der Waals surface area contributed by atoms with Crippen LogP contribution in [0.4, 0.5) is 13.2 Å². The van der Waals surface area contributed by atoms with Gasteiger partial charge in [0.2, 0.25) is 0 Å². The molecular weight excluding hydrogens is 492 g/mol. The van der Waals surface area contributed by atoms with E-state index in [1.54, 1.807) is 7.05 Å². The van der Waals surface area contributed by atoms with E-state index >= 15 is 0 Å². The summed E-state index contributed by atoms with van der Waals surface area (Å²) in [6, 6.07) is 8.76. The molecule has 0 aliphatic carbocycles. The minimum Gasteiger partial charge on any atom is -0.356 e. The zero-order valence-electron chi connectivity index (χ0n) is 17.6. The van der Waals surface area contributed by atoms with E-state index in [2.05, 4.69) is 53.7 Å². The van der Waals surface area contributed by atoms with E-state index in [1.165, 1.54) is 16.0 Å². The number of hydrogen-bond acceptors (Lipinski definition) is 2. The number of nitrogens with one attached hydrogen (secondary N) is 2. The van der Waals surface area contributed by atoms with Gasteiger partial charge in [0.05, 0.1) is 6.54 Å². The first kappa shape index (κ1) is 26.0.